The molecule has 1 aliphatic rings. The third kappa shape index (κ3) is 4.34. The van der Waals surface area contributed by atoms with Gasteiger partial charge in [0, 0.05) is 31.7 Å². The third-order valence-electron chi connectivity index (χ3n) is 5.47. The van der Waals surface area contributed by atoms with E-state index in [1.165, 1.54) is 45.5 Å². The van der Waals surface area contributed by atoms with Crippen LogP contribution in [0.5, 0.6) is 0 Å². The summed E-state index contributed by atoms with van der Waals surface area (Å²) in [5.74, 6) is -0.990. The fourth-order valence-electron chi connectivity index (χ4n) is 3.97. The van der Waals surface area contributed by atoms with E-state index in [4.69, 9.17) is 10.1 Å². The van der Waals surface area contributed by atoms with E-state index >= 15 is 0 Å². The Morgan fingerprint density at radius 3 is 2.21 bits per heavy atom. The van der Waals surface area contributed by atoms with Crippen LogP contribution < -0.4 is 0 Å². The van der Waals surface area contributed by atoms with Gasteiger partial charge in [-0.05, 0) is 46.1 Å². The van der Waals surface area contributed by atoms with Crippen molar-refractivity contribution in [3.05, 3.63) is 108 Å². The Kier molecular flexibility index (Phi) is 6.45. The molecule has 0 bridgehead atoms. The number of benzene rings is 3. The number of carboxylic acids is 1. The molecule has 3 aromatic carbocycles. The van der Waals surface area contributed by atoms with Gasteiger partial charge in [0.15, 0.2) is 0 Å². The minimum atomic E-state index is -0.990. The molecule has 0 aliphatic heterocycles. The average molecular weight is 608 g/mol. The van der Waals surface area contributed by atoms with Gasteiger partial charge in [-0.1, -0.05) is 55.5 Å². The zero-order valence-electron chi connectivity index (χ0n) is 17.7. The number of carboxylic acid groups (broad SMARTS) is 1. The number of hydrogen-bond acceptors (Lipinski definition) is 3. The molecule has 2 heterocycles. The van der Waals surface area contributed by atoms with E-state index < -0.39 is 5.97 Å². The zero-order valence-corrected chi connectivity index (χ0v) is 20.1. The minimum absolute atomic E-state index is 0. The first kappa shape index (κ1) is 22.5. The largest absolute Gasteiger partial charge is 0.477 e. The van der Waals surface area contributed by atoms with Gasteiger partial charge >= 0.3 is 5.97 Å². The molecule has 2 aromatic heterocycles. The van der Waals surface area contributed by atoms with Crippen LogP contribution in [0.3, 0.4) is 0 Å². The van der Waals surface area contributed by atoms with Crippen LogP contribution in [0, 0.1) is 13.0 Å². The molecule has 5 heteroatoms. The average Bonchev–Trinajstić information content (AvgIpc) is 3.16. The smallest absolute Gasteiger partial charge is 0.354 e. The molecule has 163 valence electrons. The first-order valence-corrected chi connectivity index (χ1v) is 10.3. The van der Waals surface area contributed by atoms with E-state index in [1.54, 1.807) is 12.1 Å². The van der Waals surface area contributed by atoms with Crippen molar-refractivity contribution < 1.29 is 30.0 Å². The van der Waals surface area contributed by atoms with E-state index in [0.29, 0.717) is 0 Å². The molecular formula is C28H19IrN2O2-. The maximum Gasteiger partial charge on any atom is 0.354 e. The van der Waals surface area contributed by atoms with Crippen molar-refractivity contribution in [3.63, 3.8) is 0 Å². The maximum absolute atomic E-state index is 10.1. The molecule has 1 N–H and O–H groups in total. The Labute approximate surface area is 205 Å². The number of aromatic carboxylic acids is 1. The summed E-state index contributed by atoms with van der Waals surface area (Å²) in [6.45, 7) is 2.08. The molecule has 0 saturated carbocycles. The summed E-state index contributed by atoms with van der Waals surface area (Å²) in [7, 11) is 0. The van der Waals surface area contributed by atoms with Crippen LogP contribution in [0.1, 0.15) is 16.1 Å². The van der Waals surface area contributed by atoms with Crippen molar-refractivity contribution in [1.82, 2.24) is 9.97 Å². The van der Waals surface area contributed by atoms with E-state index in [2.05, 4.69) is 78.6 Å². The topological polar surface area (TPSA) is 63.1 Å². The van der Waals surface area contributed by atoms with Crippen molar-refractivity contribution in [2.45, 2.75) is 6.92 Å². The molecule has 0 saturated heterocycles. The number of pyridine rings is 2. The second-order valence-corrected chi connectivity index (χ2v) is 7.60. The molecule has 4 nitrogen and oxygen atoms in total. The number of hydrogen-bond donors (Lipinski definition) is 1. The molecule has 0 fully saturated rings. The Balaban J connectivity index is 0.000000221. The first-order chi connectivity index (χ1) is 15.6. The van der Waals surface area contributed by atoms with Gasteiger partial charge in [0.2, 0.25) is 0 Å². The predicted molar refractivity (Wildman–Crippen MR) is 126 cm³/mol. The monoisotopic (exact) mass is 608 g/mol. The number of nitrogens with zero attached hydrogens (tertiary/aromatic N) is 2. The van der Waals surface area contributed by atoms with E-state index in [-0.39, 0.29) is 25.8 Å². The Morgan fingerprint density at radius 1 is 0.848 bits per heavy atom. The van der Waals surface area contributed by atoms with Crippen LogP contribution in [0.25, 0.3) is 44.4 Å². The van der Waals surface area contributed by atoms with E-state index in [9.17, 15) is 4.79 Å². The summed E-state index contributed by atoms with van der Waals surface area (Å²) < 4.78 is 0. The number of rotatable bonds is 2. The van der Waals surface area contributed by atoms with Gasteiger partial charge in [-0.2, -0.15) is 0 Å². The zero-order chi connectivity index (χ0) is 22.1. The summed E-state index contributed by atoms with van der Waals surface area (Å²) in [5.41, 5.74) is 9.56. The number of aryl methyl sites for hydroxylation is 1. The quantitative estimate of drug-likeness (QED) is 0.231. The second kappa shape index (κ2) is 9.45. The second-order valence-electron chi connectivity index (χ2n) is 7.60. The molecule has 0 unspecified atom stereocenters. The molecular weight excluding hydrogens is 589 g/mol. The number of aromatic nitrogens is 2. The predicted octanol–water partition coefficient (Wildman–Crippen LogP) is 6.44. The standard InChI is InChI=1S/C22H14N.C6H5NO2.Ir/c1-14-9-11-15(12-10-14)21-13-19-17-6-3-2-5-16(17)18-7-4-8-20(23-21)22(18)19;8-6(9)5-3-1-2-4-7-5;/h2-11,13H,1H3;1-4H,(H,8,9);/q-1;;. The van der Waals surface area contributed by atoms with Gasteiger partial charge in [0.05, 0.1) is 5.52 Å². The fraction of sp³-hybridized carbons (Fsp3) is 0.0357. The van der Waals surface area contributed by atoms with Gasteiger partial charge in [0.25, 0.3) is 0 Å². The SMILES string of the molecule is Cc1c[c-]c(-c2cc3c4c(cccc4n2)-c2ccccc2-3)cc1.O=C(O)c1ccccn1.[Ir]. The van der Waals surface area contributed by atoms with Crippen LogP contribution in [0.15, 0.2) is 91.1 Å². The number of fused-ring (bicyclic) bond motifs is 3. The Bertz CT molecular complexity index is 1450. The molecule has 33 heavy (non-hydrogen) atoms. The van der Waals surface area contributed by atoms with Crippen molar-refractivity contribution in [2.75, 3.05) is 0 Å². The molecule has 0 atom stereocenters. The molecule has 0 amide bonds. The van der Waals surface area contributed by atoms with Crippen molar-refractivity contribution in [1.29, 1.82) is 0 Å². The molecule has 6 rings (SSSR count). The van der Waals surface area contributed by atoms with Crippen LogP contribution in [-0.4, -0.2) is 21.0 Å². The van der Waals surface area contributed by atoms with Crippen LogP contribution in [0.2, 0.25) is 0 Å². The third-order valence-corrected chi connectivity index (χ3v) is 5.47. The maximum atomic E-state index is 10.1. The summed E-state index contributed by atoms with van der Waals surface area (Å²) in [4.78, 5) is 18.6. The van der Waals surface area contributed by atoms with Crippen molar-refractivity contribution >= 4 is 16.9 Å². The van der Waals surface area contributed by atoms with Crippen LogP contribution >= 0.6 is 0 Å². The summed E-state index contributed by atoms with van der Waals surface area (Å²) >= 11 is 0. The fourth-order valence-corrected chi connectivity index (χ4v) is 3.97. The van der Waals surface area contributed by atoms with E-state index in [0.717, 1.165) is 16.8 Å². The van der Waals surface area contributed by atoms with Gasteiger partial charge in [-0.3, -0.25) is 4.98 Å². The van der Waals surface area contributed by atoms with Gasteiger partial charge in [-0.15, -0.1) is 35.4 Å². The molecule has 5 aromatic rings. The normalized spacial score (nSPS) is 10.6. The molecule has 1 radical (unpaired) electrons. The van der Waals surface area contributed by atoms with Crippen molar-refractivity contribution in [3.8, 4) is 33.5 Å². The van der Waals surface area contributed by atoms with Crippen LogP contribution in [-0.2, 0) is 20.1 Å². The molecule has 1 aliphatic carbocycles. The summed E-state index contributed by atoms with van der Waals surface area (Å²) in [6.07, 6.45) is 1.45. The Morgan fingerprint density at radius 2 is 1.58 bits per heavy atom. The van der Waals surface area contributed by atoms with E-state index in [1.807, 2.05) is 6.07 Å². The summed E-state index contributed by atoms with van der Waals surface area (Å²) in [6, 6.07) is 31.5. The minimum Gasteiger partial charge on any atom is -0.477 e. The number of carbonyl (C=O) groups is 1. The Hall–Kier alpha value is -3.66. The van der Waals surface area contributed by atoms with Gasteiger partial charge in [0.1, 0.15) is 5.69 Å². The summed E-state index contributed by atoms with van der Waals surface area (Å²) in [5, 5.41) is 9.59. The van der Waals surface area contributed by atoms with Crippen molar-refractivity contribution in [2.24, 2.45) is 0 Å². The first-order valence-electron chi connectivity index (χ1n) is 10.3. The molecule has 0 spiro atoms. The van der Waals surface area contributed by atoms with Gasteiger partial charge in [-0.25, -0.2) is 9.78 Å². The van der Waals surface area contributed by atoms with Gasteiger partial charge < -0.3 is 5.11 Å². The van der Waals surface area contributed by atoms with Crippen LogP contribution in [0.4, 0.5) is 0 Å².